The Bertz CT molecular complexity index is 676. The molecular formula is C19H24FNO3. The van der Waals surface area contributed by atoms with E-state index in [1.165, 1.54) is 6.07 Å². The van der Waals surface area contributed by atoms with Crippen molar-refractivity contribution in [2.45, 2.75) is 19.3 Å². The Morgan fingerprint density at radius 2 is 1.83 bits per heavy atom. The summed E-state index contributed by atoms with van der Waals surface area (Å²) in [5.74, 6) is 1.34. The summed E-state index contributed by atoms with van der Waals surface area (Å²) < 4.78 is 30.0. The lowest BCUT2D eigenvalue weighted by Gasteiger charge is -2.18. The fourth-order valence-electron chi connectivity index (χ4n) is 2.67. The summed E-state index contributed by atoms with van der Waals surface area (Å²) in [6.45, 7) is 2.66. The number of halogens is 1. The van der Waals surface area contributed by atoms with E-state index in [1.54, 1.807) is 20.3 Å². The third kappa shape index (κ3) is 4.17. The van der Waals surface area contributed by atoms with Crippen LogP contribution in [0.1, 0.15) is 24.0 Å². The van der Waals surface area contributed by atoms with Crippen LogP contribution in [0.25, 0.3) is 0 Å². The second-order valence-corrected chi connectivity index (χ2v) is 5.44. The molecule has 0 amide bonds. The maximum absolute atomic E-state index is 14.1. The van der Waals surface area contributed by atoms with Crippen LogP contribution >= 0.6 is 0 Å². The van der Waals surface area contributed by atoms with E-state index in [2.05, 4.69) is 0 Å². The molecule has 0 aliphatic heterocycles. The molecule has 0 saturated heterocycles. The summed E-state index contributed by atoms with van der Waals surface area (Å²) >= 11 is 0. The molecule has 0 aromatic heterocycles. The van der Waals surface area contributed by atoms with Gasteiger partial charge in [0.05, 0.1) is 20.8 Å². The van der Waals surface area contributed by atoms with E-state index in [0.717, 1.165) is 22.6 Å². The highest BCUT2D eigenvalue weighted by Crippen LogP contribution is 2.31. The molecule has 1 unspecified atom stereocenters. The Kier molecular flexibility index (Phi) is 6.44. The third-order valence-corrected chi connectivity index (χ3v) is 3.97. The first-order valence-corrected chi connectivity index (χ1v) is 7.96. The molecule has 2 N–H and O–H groups in total. The molecule has 2 rings (SSSR count). The summed E-state index contributed by atoms with van der Waals surface area (Å²) in [5, 5.41) is 0. The maximum atomic E-state index is 14.1. The molecule has 2 aromatic rings. The number of hydrogen-bond donors (Lipinski definition) is 1. The van der Waals surface area contributed by atoms with Crippen molar-refractivity contribution < 1.29 is 18.6 Å². The smallest absolute Gasteiger partial charge is 0.165 e. The summed E-state index contributed by atoms with van der Waals surface area (Å²) in [4.78, 5) is 0. The molecule has 130 valence electrons. The van der Waals surface area contributed by atoms with Crippen molar-refractivity contribution in [3.63, 3.8) is 0 Å². The molecule has 0 radical (unpaired) electrons. The zero-order valence-electron chi connectivity index (χ0n) is 14.3. The number of rotatable bonds is 8. The molecule has 5 heteroatoms. The van der Waals surface area contributed by atoms with E-state index in [0.29, 0.717) is 19.6 Å². The standard InChI is InChI=1S/C19H24FNO3/c1-4-24-18-8-6-13(10-17(18)20)15(12-21)9-14-5-7-16(22-2)11-19(14)23-3/h5-8,10-11,15H,4,9,12,21H2,1-3H3. The van der Waals surface area contributed by atoms with Crippen molar-refractivity contribution in [3.8, 4) is 17.2 Å². The van der Waals surface area contributed by atoms with Gasteiger partial charge in [-0.05, 0) is 49.2 Å². The highest BCUT2D eigenvalue weighted by Gasteiger charge is 2.16. The number of nitrogens with two attached hydrogens (primary N) is 1. The van der Waals surface area contributed by atoms with Gasteiger partial charge in [0.2, 0.25) is 0 Å². The van der Waals surface area contributed by atoms with Crippen LogP contribution in [0.15, 0.2) is 36.4 Å². The van der Waals surface area contributed by atoms with Gasteiger partial charge in [-0.25, -0.2) is 4.39 Å². The predicted molar refractivity (Wildman–Crippen MR) is 92.6 cm³/mol. The van der Waals surface area contributed by atoms with Gasteiger partial charge in [-0.1, -0.05) is 12.1 Å². The molecule has 24 heavy (non-hydrogen) atoms. The van der Waals surface area contributed by atoms with Gasteiger partial charge < -0.3 is 19.9 Å². The highest BCUT2D eigenvalue weighted by molar-refractivity contribution is 5.42. The van der Waals surface area contributed by atoms with Crippen LogP contribution in [0.5, 0.6) is 17.2 Å². The lowest BCUT2D eigenvalue weighted by molar-refractivity contribution is 0.321. The molecule has 0 spiro atoms. The molecule has 1 atom stereocenters. The fourth-order valence-corrected chi connectivity index (χ4v) is 2.67. The second-order valence-electron chi connectivity index (χ2n) is 5.44. The first-order chi connectivity index (χ1) is 11.6. The Morgan fingerprint density at radius 1 is 1.04 bits per heavy atom. The molecule has 0 heterocycles. The van der Waals surface area contributed by atoms with Gasteiger partial charge in [0.1, 0.15) is 11.5 Å². The Balaban J connectivity index is 2.25. The number of methoxy groups -OCH3 is 2. The maximum Gasteiger partial charge on any atom is 0.165 e. The topological polar surface area (TPSA) is 53.7 Å². The molecule has 0 aliphatic carbocycles. The summed E-state index contributed by atoms with van der Waals surface area (Å²) in [5.41, 5.74) is 7.77. The Morgan fingerprint density at radius 3 is 2.42 bits per heavy atom. The number of hydrogen-bond acceptors (Lipinski definition) is 4. The van der Waals surface area contributed by atoms with E-state index in [1.807, 2.05) is 31.2 Å². The molecular weight excluding hydrogens is 309 g/mol. The minimum atomic E-state index is -0.366. The van der Waals surface area contributed by atoms with Crippen LogP contribution in [0.3, 0.4) is 0 Å². The van der Waals surface area contributed by atoms with Crippen LogP contribution < -0.4 is 19.9 Å². The molecule has 2 aromatic carbocycles. The van der Waals surface area contributed by atoms with Crippen LogP contribution in [0.4, 0.5) is 4.39 Å². The fraction of sp³-hybridized carbons (Fsp3) is 0.368. The second kappa shape index (κ2) is 8.55. The highest BCUT2D eigenvalue weighted by atomic mass is 19.1. The summed E-state index contributed by atoms with van der Waals surface area (Å²) in [6, 6.07) is 10.7. The first-order valence-electron chi connectivity index (χ1n) is 7.96. The van der Waals surface area contributed by atoms with Crippen molar-refractivity contribution in [1.29, 1.82) is 0 Å². The van der Waals surface area contributed by atoms with Crippen molar-refractivity contribution in [1.82, 2.24) is 0 Å². The third-order valence-electron chi connectivity index (χ3n) is 3.97. The van der Waals surface area contributed by atoms with E-state index < -0.39 is 0 Å². The Labute approximate surface area is 142 Å². The van der Waals surface area contributed by atoms with E-state index >= 15 is 0 Å². The normalized spacial score (nSPS) is 11.9. The average Bonchev–Trinajstić information content (AvgIpc) is 2.61. The average molecular weight is 333 g/mol. The van der Waals surface area contributed by atoms with Gasteiger partial charge in [0, 0.05) is 12.0 Å². The summed E-state index contributed by atoms with van der Waals surface area (Å²) in [7, 11) is 3.23. The van der Waals surface area contributed by atoms with Gasteiger partial charge in [-0.3, -0.25) is 0 Å². The molecule has 0 saturated carbocycles. The first kappa shape index (κ1) is 18.1. The van der Waals surface area contributed by atoms with E-state index in [4.69, 9.17) is 19.9 Å². The van der Waals surface area contributed by atoms with E-state index in [9.17, 15) is 4.39 Å². The molecule has 0 bridgehead atoms. The van der Waals surface area contributed by atoms with Crippen molar-refractivity contribution >= 4 is 0 Å². The zero-order valence-corrected chi connectivity index (χ0v) is 14.3. The van der Waals surface area contributed by atoms with Gasteiger partial charge in [0.25, 0.3) is 0 Å². The lowest BCUT2D eigenvalue weighted by atomic mass is 9.91. The van der Waals surface area contributed by atoms with E-state index in [-0.39, 0.29) is 17.5 Å². The monoisotopic (exact) mass is 333 g/mol. The van der Waals surface area contributed by atoms with Crippen LogP contribution in [0.2, 0.25) is 0 Å². The van der Waals surface area contributed by atoms with Crippen LogP contribution in [0, 0.1) is 5.82 Å². The zero-order chi connectivity index (χ0) is 17.5. The van der Waals surface area contributed by atoms with Crippen LogP contribution in [-0.4, -0.2) is 27.4 Å². The SMILES string of the molecule is CCOc1ccc(C(CN)Cc2ccc(OC)cc2OC)cc1F. The summed E-state index contributed by atoms with van der Waals surface area (Å²) in [6.07, 6.45) is 0.650. The Hall–Kier alpha value is -2.27. The van der Waals surface area contributed by atoms with Crippen molar-refractivity contribution in [3.05, 3.63) is 53.3 Å². The van der Waals surface area contributed by atoms with Gasteiger partial charge in [-0.15, -0.1) is 0 Å². The number of ether oxygens (including phenoxy) is 3. The molecule has 0 fully saturated rings. The largest absolute Gasteiger partial charge is 0.497 e. The predicted octanol–water partition coefficient (Wildman–Crippen LogP) is 3.53. The van der Waals surface area contributed by atoms with Crippen molar-refractivity contribution in [2.24, 2.45) is 5.73 Å². The number of benzene rings is 2. The van der Waals surface area contributed by atoms with Crippen molar-refractivity contribution in [2.75, 3.05) is 27.4 Å². The van der Waals surface area contributed by atoms with Crippen LogP contribution in [-0.2, 0) is 6.42 Å². The quantitative estimate of drug-likeness (QED) is 0.803. The lowest BCUT2D eigenvalue weighted by Crippen LogP contribution is -2.16. The van der Waals surface area contributed by atoms with Gasteiger partial charge >= 0.3 is 0 Å². The minimum absolute atomic E-state index is 0.0162. The molecule has 4 nitrogen and oxygen atoms in total. The van der Waals surface area contributed by atoms with Gasteiger partial charge in [-0.2, -0.15) is 0 Å². The minimum Gasteiger partial charge on any atom is -0.497 e. The molecule has 0 aliphatic rings. The van der Waals surface area contributed by atoms with Gasteiger partial charge in [0.15, 0.2) is 11.6 Å².